The quantitative estimate of drug-likeness (QED) is 0.757. The minimum atomic E-state index is 0.515. The van der Waals surface area contributed by atoms with E-state index in [1.165, 1.54) is 12.8 Å². The smallest absolute Gasteiger partial charge is 0.141 e. The molecule has 5 heteroatoms. The van der Waals surface area contributed by atoms with E-state index in [9.17, 15) is 0 Å². The van der Waals surface area contributed by atoms with Crippen molar-refractivity contribution >= 4 is 11.6 Å². The molecule has 1 aliphatic rings. The van der Waals surface area contributed by atoms with Gasteiger partial charge in [0.25, 0.3) is 0 Å². The maximum Gasteiger partial charge on any atom is 0.141 e. The minimum absolute atomic E-state index is 0.515. The molecule has 0 N–H and O–H groups in total. The maximum absolute atomic E-state index is 5.98. The highest BCUT2D eigenvalue weighted by molar-refractivity contribution is 6.18. The Bertz CT molecular complexity index is 350. The van der Waals surface area contributed by atoms with Crippen LogP contribution in [-0.2, 0) is 13.1 Å². The van der Waals surface area contributed by atoms with Crippen molar-refractivity contribution in [3.05, 3.63) is 12.2 Å². The number of hydrogen-bond acceptors (Lipinski definition) is 3. The highest BCUT2D eigenvalue weighted by Crippen LogP contribution is 2.20. The lowest BCUT2D eigenvalue weighted by Crippen LogP contribution is -2.31. The SMILES string of the molecule is CC(C)Cn1ncnc1CN1CCCC1CCl. The maximum atomic E-state index is 5.98. The Hall–Kier alpha value is -0.610. The third-order valence-electron chi connectivity index (χ3n) is 3.26. The molecule has 1 aliphatic heterocycles. The van der Waals surface area contributed by atoms with Crippen molar-refractivity contribution in [2.24, 2.45) is 5.92 Å². The van der Waals surface area contributed by atoms with E-state index in [2.05, 4.69) is 28.8 Å². The van der Waals surface area contributed by atoms with Gasteiger partial charge < -0.3 is 0 Å². The third kappa shape index (κ3) is 3.19. The van der Waals surface area contributed by atoms with Gasteiger partial charge >= 0.3 is 0 Å². The van der Waals surface area contributed by atoms with Gasteiger partial charge in [0.05, 0.1) is 6.54 Å². The zero-order valence-corrected chi connectivity index (χ0v) is 11.4. The Labute approximate surface area is 108 Å². The molecule has 96 valence electrons. The molecule has 1 atom stereocenters. The third-order valence-corrected chi connectivity index (χ3v) is 3.61. The fourth-order valence-electron chi connectivity index (χ4n) is 2.37. The lowest BCUT2D eigenvalue weighted by molar-refractivity contribution is 0.249. The van der Waals surface area contributed by atoms with Crippen LogP contribution in [0.25, 0.3) is 0 Å². The van der Waals surface area contributed by atoms with Crippen LogP contribution in [0.15, 0.2) is 6.33 Å². The molecule has 0 amide bonds. The van der Waals surface area contributed by atoms with Crippen LogP contribution >= 0.6 is 11.6 Å². The molecule has 1 aromatic rings. The molecule has 0 aromatic carbocycles. The van der Waals surface area contributed by atoms with E-state index in [0.717, 1.165) is 31.3 Å². The van der Waals surface area contributed by atoms with Crippen molar-refractivity contribution in [1.82, 2.24) is 19.7 Å². The van der Waals surface area contributed by atoms with Crippen LogP contribution in [-0.4, -0.2) is 38.1 Å². The average Bonchev–Trinajstić information content (AvgIpc) is 2.88. The van der Waals surface area contributed by atoms with Crippen LogP contribution in [0.1, 0.15) is 32.5 Å². The molecule has 1 aromatic heterocycles. The van der Waals surface area contributed by atoms with Gasteiger partial charge in [0.15, 0.2) is 0 Å². The standard InChI is InChI=1S/C12H21ClN4/c1-10(2)7-17-12(14-9-15-17)8-16-5-3-4-11(16)6-13/h9-11H,3-8H2,1-2H3. The van der Waals surface area contributed by atoms with Crippen LogP contribution in [0, 0.1) is 5.92 Å². The highest BCUT2D eigenvalue weighted by Gasteiger charge is 2.24. The highest BCUT2D eigenvalue weighted by atomic mass is 35.5. The van der Waals surface area contributed by atoms with Crippen molar-refractivity contribution in [3.8, 4) is 0 Å². The number of rotatable bonds is 5. The van der Waals surface area contributed by atoms with Gasteiger partial charge in [0.1, 0.15) is 12.2 Å². The molecule has 2 heterocycles. The molecule has 0 radical (unpaired) electrons. The van der Waals surface area contributed by atoms with Gasteiger partial charge in [0.2, 0.25) is 0 Å². The van der Waals surface area contributed by atoms with Crippen LogP contribution in [0.5, 0.6) is 0 Å². The molecule has 17 heavy (non-hydrogen) atoms. The molecule has 0 aliphatic carbocycles. The van der Waals surface area contributed by atoms with Gasteiger partial charge in [-0.2, -0.15) is 5.10 Å². The molecular formula is C12H21ClN4. The van der Waals surface area contributed by atoms with Crippen LogP contribution in [0.4, 0.5) is 0 Å². The first-order chi connectivity index (χ1) is 8.20. The Balaban J connectivity index is 2.00. The van der Waals surface area contributed by atoms with E-state index in [1.54, 1.807) is 6.33 Å². The predicted octanol–water partition coefficient (Wildman–Crippen LogP) is 2.14. The lowest BCUT2D eigenvalue weighted by Gasteiger charge is -2.22. The van der Waals surface area contributed by atoms with Gasteiger partial charge in [-0.05, 0) is 25.3 Å². The summed E-state index contributed by atoms with van der Waals surface area (Å²) in [5, 5.41) is 4.30. The summed E-state index contributed by atoms with van der Waals surface area (Å²) in [7, 11) is 0. The summed E-state index contributed by atoms with van der Waals surface area (Å²) in [5.41, 5.74) is 0. The van der Waals surface area contributed by atoms with E-state index in [1.807, 2.05) is 4.68 Å². The van der Waals surface area contributed by atoms with Crippen molar-refractivity contribution in [3.63, 3.8) is 0 Å². The van der Waals surface area contributed by atoms with E-state index in [-0.39, 0.29) is 0 Å². The first-order valence-electron chi connectivity index (χ1n) is 6.37. The van der Waals surface area contributed by atoms with Crippen molar-refractivity contribution < 1.29 is 0 Å². The van der Waals surface area contributed by atoms with Crippen molar-refractivity contribution in [2.45, 2.75) is 45.8 Å². The molecule has 0 spiro atoms. The lowest BCUT2D eigenvalue weighted by atomic mass is 10.2. The fraction of sp³-hybridized carbons (Fsp3) is 0.833. The van der Waals surface area contributed by atoms with Crippen LogP contribution in [0.2, 0.25) is 0 Å². The zero-order valence-electron chi connectivity index (χ0n) is 10.6. The van der Waals surface area contributed by atoms with Crippen LogP contribution in [0.3, 0.4) is 0 Å². The Morgan fingerprint density at radius 2 is 2.35 bits per heavy atom. The Kier molecular flexibility index (Phi) is 4.40. The predicted molar refractivity (Wildman–Crippen MR) is 69.0 cm³/mol. The summed E-state index contributed by atoms with van der Waals surface area (Å²) >= 11 is 5.98. The fourth-order valence-corrected chi connectivity index (χ4v) is 2.72. The average molecular weight is 257 g/mol. The van der Waals surface area contributed by atoms with E-state index in [4.69, 9.17) is 11.6 Å². The van der Waals surface area contributed by atoms with Crippen molar-refractivity contribution in [1.29, 1.82) is 0 Å². The number of halogens is 1. The number of hydrogen-bond donors (Lipinski definition) is 0. The van der Waals surface area contributed by atoms with Gasteiger partial charge in [-0.3, -0.25) is 4.90 Å². The monoisotopic (exact) mass is 256 g/mol. The summed E-state index contributed by atoms with van der Waals surface area (Å²) < 4.78 is 2.02. The second kappa shape index (κ2) is 5.83. The minimum Gasteiger partial charge on any atom is -0.292 e. The molecule has 0 bridgehead atoms. The Morgan fingerprint density at radius 3 is 3.06 bits per heavy atom. The summed E-state index contributed by atoms with van der Waals surface area (Å²) in [6.45, 7) is 7.34. The first kappa shape index (κ1) is 12.8. The largest absolute Gasteiger partial charge is 0.292 e. The van der Waals surface area contributed by atoms with E-state index in [0.29, 0.717) is 12.0 Å². The van der Waals surface area contributed by atoms with Gasteiger partial charge in [-0.25, -0.2) is 9.67 Å². The molecule has 1 fully saturated rings. The molecule has 4 nitrogen and oxygen atoms in total. The topological polar surface area (TPSA) is 34.0 Å². The second-order valence-corrected chi connectivity index (χ2v) is 5.48. The molecular weight excluding hydrogens is 236 g/mol. The van der Waals surface area contributed by atoms with Crippen LogP contribution < -0.4 is 0 Å². The van der Waals surface area contributed by atoms with Crippen molar-refractivity contribution in [2.75, 3.05) is 12.4 Å². The zero-order chi connectivity index (χ0) is 12.3. The van der Waals surface area contributed by atoms with E-state index < -0.39 is 0 Å². The van der Waals surface area contributed by atoms with E-state index >= 15 is 0 Å². The molecule has 2 rings (SSSR count). The number of alkyl halides is 1. The Morgan fingerprint density at radius 1 is 1.53 bits per heavy atom. The molecule has 1 saturated heterocycles. The summed E-state index contributed by atoms with van der Waals surface area (Å²) in [6.07, 6.45) is 4.11. The summed E-state index contributed by atoms with van der Waals surface area (Å²) in [6, 6.07) is 0.515. The number of likely N-dealkylation sites (tertiary alicyclic amines) is 1. The summed E-state index contributed by atoms with van der Waals surface area (Å²) in [4.78, 5) is 6.79. The van der Waals surface area contributed by atoms with Gasteiger partial charge in [-0.15, -0.1) is 11.6 Å². The molecule has 0 saturated carbocycles. The molecule has 1 unspecified atom stereocenters. The first-order valence-corrected chi connectivity index (χ1v) is 6.91. The normalized spacial score (nSPS) is 21.5. The van der Waals surface area contributed by atoms with Gasteiger partial charge in [-0.1, -0.05) is 13.8 Å². The van der Waals surface area contributed by atoms with Gasteiger partial charge in [0, 0.05) is 18.5 Å². The summed E-state index contributed by atoms with van der Waals surface area (Å²) in [5.74, 6) is 2.38. The second-order valence-electron chi connectivity index (χ2n) is 5.17. The number of aromatic nitrogens is 3. The number of nitrogens with zero attached hydrogens (tertiary/aromatic N) is 4.